The number of aromatic carboxylic acids is 1. The summed E-state index contributed by atoms with van der Waals surface area (Å²) in [5, 5.41) is 14.7. The van der Waals surface area contributed by atoms with Gasteiger partial charge in [0.05, 0.1) is 24.2 Å². The van der Waals surface area contributed by atoms with E-state index in [1.54, 1.807) is 0 Å². The number of rotatable bonds is 6. The molecule has 0 atom stereocenters. The molecule has 2 aliphatic rings. The van der Waals surface area contributed by atoms with Crippen molar-refractivity contribution >= 4 is 33.3 Å². The van der Waals surface area contributed by atoms with Gasteiger partial charge in [-0.15, -0.1) is 0 Å². The quantitative estimate of drug-likeness (QED) is 0.759. The van der Waals surface area contributed by atoms with Gasteiger partial charge in [-0.1, -0.05) is 30.9 Å². The summed E-state index contributed by atoms with van der Waals surface area (Å²) in [4.78, 5) is 11.4. The maximum Gasteiger partial charge on any atom is 0.244 e. The molecule has 1 aromatic rings. The van der Waals surface area contributed by atoms with E-state index in [9.17, 15) is 18.3 Å². The lowest BCUT2D eigenvalue weighted by Crippen LogP contribution is -2.40. The van der Waals surface area contributed by atoms with Gasteiger partial charge in [-0.25, -0.2) is 8.42 Å². The number of morpholine rings is 1. The Morgan fingerprint density at radius 3 is 2.52 bits per heavy atom. The average Bonchev–Trinajstić information content (AvgIpc) is 2.67. The van der Waals surface area contributed by atoms with E-state index in [1.165, 1.54) is 29.6 Å². The Morgan fingerprint density at radius 1 is 1.22 bits per heavy atom. The second-order valence-electron chi connectivity index (χ2n) is 7.02. The molecule has 0 aromatic heterocycles. The van der Waals surface area contributed by atoms with Crippen LogP contribution in [0, 0.1) is 5.92 Å². The molecule has 0 amide bonds. The molecule has 7 nitrogen and oxygen atoms in total. The lowest BCUT2D eigenvalue weighted by atomic mass is 9.89. The number of benzene rings is 1. The monoisotopic (exact) mass is 415 g/mol. The van der Waals surface area contributed by atoms with Gasteiger partial charge in [-0.3, -0.25) is 0 Å². The number of carboxylic acid groups (broad SMARTS) is 1. The zero-order valence-electron chi connectivity index (χ0n) is 15.1. The molecule has 1 saturated heterocycles. The molecule has 1 aliphatic carbocycles. The highest BCUT2D eigenvalue weighted by Gasteiger charge is 2.29. The third-order valence-corrected chi connectivity index (χ3v) is 7.55. The van der Waals surface area contributed by atoms with Crippen LogP contribution in [0.3, 0.4) is 0 Å². The molecule has 150 valence electrons. The summed E-state index contributed by atoms with van der Waals surface area (Å²) in [6.45, 7) is 1.64. The molecule has 0 spiro atoms. The molecular weight excluding hydrogens is 392 g/mol. The molecule has 0 bridgehead atoms. The SMILES string of the molecule is O=C([O-])c1cc(S(=O)(=O)N2CCOCC2)c(Cl)cc1NCC1CCCCC1. The highest BCUT2D eigenvalue weighted by molar-refractivity contribution is 7.89. The standard InChI is InChI=1S/C18H25ClN2O5S/c19-15-11-16(20-12-13-4-2-1-3-5-13)14(18(22)23)10-17(15)27(24,25)21-6-8-26-9-7-21/h10-11,13,20H,1-9,12H2,(H,22,23)/p-1. The third kappa shape index (κ3) is 4.74. The molecule has 9 heteroatoms. The van der Waals surface area contributed by atoms with Gasteiger partial charge in [-0.05, 0) is 30.9 Å². The lowest BCUT2D eigenvalue weighted by Gasteiger charge is -2.27. The van der Waals surface area contributed by atoms with Crippen LogP contribution in [0.5, 0.6) is 0 Å². The van der Waals surface area contributed by atoms with Crippen LogP contribution in [-0.2, 0) is 14.8 Å². The van der Waals surface area contributed by atoms with Gasteiger partial charge in [0.15, 0.2) is 0 Å². The van der Waals surface area contributed by atoms with Crippen LogP contribution in [0.2, 0.25) is 5.02 Å². The molecule has 27 heavy (non-hydrogen) atoms. The number of halogens is 1. The fourth-order valence-electron chi connectivity index (χ4n) is 3.64. The van der Waals surface area contributed by atoms with Crippen molar-refractivity contribution in [3.63, 3.8) is 0 Å². The predicted octanol–water partition coefficient (Wildman–Crippen LogP) is 1.72. The summed E-state index contributed by atoms with van der Waals surface area (Å²) in [5.41, 5.74) is 0.105. The highest BCUT2D eigenvalue weighted by Crippen LogP contribution is 2.32. The van der Waals surface area contributed by atoms with Crippen LogP contribution in [0.25, 0.3) is 0 Å². The van der Waals surface area contributed by atoms with E-state index in [4.69, 9.17) is 16.3 Å². The normalized spacial score (nSPS) is 19.7. The molecule has 1 heterocycles. The molecule has 1 saturated carbocycles. The Hall–Kier alpha value is -1.35. The van der Waals surface area contributed by atoms with Gasteiger partial charge in [0.25, 0.3) is 0 Å². The van der Waals surface area contributed by atoms with Crippen molar-refractivity contribution in [1.82, 2.24) is 4.31 Å². The van der Waals surface area contributed by atoms with Crippen LogP contribution < -0.4 is 10.4 Å². The van der Waals surface area contributed by atoms with Crippen molar-refractivity contribution < 1.29 is 23.1 Å². The van der Waals surface area contributed by atoms with Crippen molar-refractivity contribution in [3.05, 3.63) is 22.7 Å². The summed E-state index contributed by atoms with van der Waals surface area (Å²) in [6, 6.07) is 2.48. The first-order valence-corrected chi connectivity index (χ1v) is 11.1. The number of carbonyl (C=O) groups excluding carboxylic acids is 1. The molecule has 2 fully saturated rings. The minimum Gasteiger partial charge on any atom is -0.545 e. The highest BCUT2D eigenvalue weighted by atomic mass is 35.5. The van der Waals surface area contributed by atoms with Crippen LogP contribution in [-0.4, -0.2) is 51.5 Å². The number of nitrogens with one attached hydrogen (secondary N) is 1. The van der Waals surface area contributed by atoms with E-state index in [0.29, 0.717) is 31.4 Å². The van der Waals surface area contributed by atoms with Crippen molar-refractivity contribution in [2.75, 3.05) is 38.2 Å². The average molecular weight is 416 g/mol. The number of hydrogen-bond acceptors (Lipinski definition) is 6. The summed E-state index contributed by atoms with van der Waals surface area (Å²) in [7, 11) is -3.90. The zero-order valence-corrected chi connectivity index (χ0v) is 16.7. The van der Waals surface area contributed by atoms with Crippen molar-refractivity contribution in [2.45, 2.75) is 37.0 Å². The van der Waals surface area contributed by atoms with Gasteiger partial charge < -0.3 is 20.0 Å². The van der Waals surface area contributed by atoms with Gasteiger partial charge in [-0.2, -0.15) is 4.31 Å². The van der Waals surface area contributed by atoms with E-state index in [2.05, 4.69) is 5.32 Å². The molecular formula is C18H24ClN2O5S-. The van der Waals surface area contributed by atoms with Crippen LogP contribution in [0.4, 0.5) is 5.69 Å². The number of carboxylic acids is 1. The van der Waals surface area contributed by atoms with Gasteiger partial charge >= 0.3 is 0 Å². The molecule has 0 radical (unpaired) electrons. The fourth-order valence-corrected chi connectivity index (χ4v) is 5.57. The molecule has 1 aliphatic heterocycles. The number of nitrogens with zero attached hydrogens (tertiary/aromatic N) is 1. The number of ether oxygens (including phenoxy) is 1. The van der Waals surface area contributed by atoms with E-state index < -0.39 is 16.0 Å². The Labute approximate surface area is 164 Å². The molecule has 3 rings (SSSR count). The largest absolute Gasteiger partial charge is 0.545 e. The minimum atomic E-state index is -3.90. The van der Waals surface area contributed by atoms with E-state index in [-0.39, 0.29) is 28.6 Å². The first kappa shape index (κ1) is 20.4. The zero-order chi connectivity index (χ0) is 19.4. The van der Waals surface area contributed by atoms with E-state index >= 15 is 0 Å². The summed E-state index contributed by atoms with van der Waals surface area (Å²) >= 11 is 6.24. The first-order valence-electron chi connectivity index (χ1n) is 9.26. The van der Waals surface area contributed by atoms with Gasteiger partial charge in [0, 0.05) is 30.9 Å². The molecule has 0 unspecified atom stereocenters. The van der Waals surface area contributed by atoms with Gasteiger partial charge in [0.2, 0.25) is 10.0 Å². The topological polar surface area (TPSA) is 98.8 Å². The van der Waals surface area contributed by atoms with Crippen molar-refractivity contribution in [1.29, 1.82) is 0 Å². The Morgan fingerprint density at radius 2 is 1.89 bits per heavy atom. The van der Waals surface area contributed by atoms with Crippen molar-refractivity contribution in [3.8, 4) is 0 Å². The lowest BCUT2D eigenvalue weighted by molar-refractivity contribution is -0.254. The van der Waals surface area contributed by atoms with Crippen LogP contribution in [0.1, 0.15) is 42.5 Å². The smallest absolute Gasteiger partial charge is 0.244 e. The molecule has 1 N–H and O–H groups in total. The van der Waals surface area contributed by atoms with Crippen molar-refractivity contribution in [2.24, 2.45) is 5.92 Å². The number of hydrogen-bond donors (Lipinski definition) is 1. The second-order valence-corrected chi connectivity index (χ2v) is 9.33. The summed E-state index contributed by atoms with van der Waals surface area (Å²) in [5.74, 6) is -0.958. The summed E-state index contributed by atoms with van der Waals surface area (Å²) in [6.07, 6.45) is 5.80. The maximum atomic E-state index is 12.9. The van der Waals surface area contributed by atoms with Crippen LogP contribution >= 0.6 is 11.6 Å². The van der Waals surface area contributed by atoms with E-state index in [1.807, 2.05) is 0 Å². The van der Waals surface area contributed by atoms with E-state index in [0.717, 1.165) is 18.9 Å². The van der Waals surface area contributed by atoms with Crippen LogP contribution in [0.15, 0.2) is 17.0 Å². The number of anilines is 1. The van der Waals surface area contributed by atoms with Gasteiger partial charge in [0.1, 0.15) is 4.90 Å². The Bertz CT molecular complexity index is 787. The Balaban J connectivity index is 1.86. The summed E-state index contributed by atoms with van der Waals surface area (Å²) < 4.78 is 32.1. The molecule has 1 aromatic carbocycles. The number of sulfonamides is 1. The minimum absolute atomic E-state index is 0.00219. The predicted molar refractivity (Wildman–Crippen MR) is 100 cm³/mol. The maximum absolute atomic E-state index is 12.9. The fraction of sp³-hybridized carbons (Fsp3) is 0.611. The second kappa shape index (κ2) is 8.77. The number of carbonyl (C=O) groups is 1. The first-order chi connectivity index (χ1) is 12.9. The Kier molecular flexibility index (Phi) is 6.62. The third-order valence-electron chi connectivity index (χ3n) is 5.19.